The molecule has 0 bridgehead atoms. The molecule has 2 rings (SSSR count). The van der Waals surface area contributed by atoms with Gasteiger partial charge in [0.1, 0.15) is 11.8 Å². The van der Waals surface area contributed by atoms with Crippen LogP contribution in [0.4, 0.5) is 0 Å². The normalized spacial score (nSPS) is 10.9. The quantitative estimate of drug-likeness (QED) is 0.513. The molecule has 1 aromatic heterocycles. The third-order valence-electron chi connectivity index (χ3n) is 2.34. The summed E-state index contributed by atoms with van der Waals surface area (Å²) < 4.78 is 10.3. The van der Waals surface area contributed by atoms with E-state index < -0.39 is 5.43 Å². The Hall–Kier alpha value is -0.730. The maximum atomic E-state index is 11.7. The van der Waals surface area contributed by atoms with E-state index in [0.717, 1.165) is 11.8 Å². The average Bonchev–Trinajstić information content (AvgIpc) is 2.35. The fraction of sp³-hybridized carbons (Fsp3) is 0.182. The minimum atomic E-state index is -0.405. The Bertz CT molecular complexity index is 581. The van der Waals surface area contributed by atoms with Gasteiger partial charge in [-0.3, -0.25) is 4.79 Å². The second-order valence-electron chi connectivity index (χ2n) is 3.42. The fourth-order valence-corrected chi connectivity index (χ4v) is 2.20. The molecule has 1 aromatic carbocycles. The lowest BCUT2D eigenvalue weighted by molar-refractivity contribution is 0.386. The predicted molar refractivity (Wildman–Crippen MR) is 75.4 cm³/mol. The van der Waals surface area contributed by atoms with E-state index in [0.29, 0.717) is 24.0 Å². The molecule has 0 spiro atoms. The van der Waals surface area contributed by atoms with Crippen LogP contribution in [0.2, 0.25) is 0 Å². The Morgan fingerprint density at radius 2 is 2.29 bits per heavy atom. The zero-order chi connectivity index (χ0) is 12.3. The van der Waals surface area contributed by atoms with Gasteiger partial charge in [-0.05, 0) is 24.1 Å². The molecule has 1 heterocycles. The van der Waals surface area contributed by atoms with Crippen molar-refractivity contribution in [3.8, 4) is 5.75 Å². The first-order valence-electron chi connectivity index (χ1n) is 4.86. The number of rotatable bonds is 4. The Labute approximate surface area is 114 Å². The van der Waals surface area contributed by atoms with Gasteiger partial charge in [-0.1, -0.05) is 6.07 Å². The molecule has 0 saturated heterocycles. The summed E-state index contributed by atoms with van der Waals surface area (Å²) in [4.78, 5) is 11.7. The molecule has 0 unspecified atom stereocenters. The highest BCUT2D eigenvalue weighted by atomic mass is 127. The molecule has 0 amide bonds. The van der Waals surface area contributed by atoms with E-state index in [-0.39, 0.29) is 5.75 Å². The van der Waals surface area contributed by atoms with E-state index in [1.54, 1.807) is 12.1 Å². The minimum absolute atomic E-state index is 0.367. The SMILES string of the molecule is O=c1c(O)coc2ccc(CCOSI)cc12. The van der Waals surface area contributed by atoms with Gasteiger partial charge in [0.15, 0.2) is 5.75 Å². The van der Waals surface area contributed by atoms with E-state index in [4.69, 9.17) is 8.60 Å². The molecule has 0 aliphatic carbocycles. The van der Waals surface area contributed by atoms with Crippen LogP contribution < -0.4 is 5.43 Å². The average molecular weight is 364 g/mol. The number of benzene rings is 1. The predicted octanol–water partition coefficient (Wildman–Crippen LogP) is 3.06. The summed E-state index contributed by atoms with van der Waals surface area (Å²) in [5.74, 6) is -0.367. The third-order valence-corrected chi connectivity index (χ3v) is 3.36. The number of fused-ring (bicyclic) bond motifs is 1. The zero-order valence-corrected chi connectivity index (χ0v) is 11.7. The largest absolute Gasteiger partial charge is 0.502 e. The molecule has 0 aliphatic rings. The molecule has 0 radical (unpaired) electrons. The van der Waals surface area contributed by atoms with Crippen LogP contribution in [0, 0.1) is 0 Å². The van der Waals surface area contributed by atoms with E-state index >= 15 is 0 Å². The molecule has 0 fully saturated rings. The Morgan fingerprint density at radius 1 is 1.47 bits per heavy atom. The van der Waals surface area contributed by atoms with Crippen LogP contribution in [0.3, 0.4) is 0 Å². The summed E-state index contributed by atoms with van der Waals surface area (Å²) in [6, 6.07) is 5.33. The first-order chi connectivity index (χ1) is 8.22. The molecular formula is C11H9IO4S. The lowest BCUT2D eigenvalue weighted by Crippen LogP contribution is -2.01. The number of hydrogen-bond acceptors (Lipinski definition) is 5. The van der Waals surface area contributed by atoms with Crippen molar-refractivity contribution in [3.05, 3.63) is 40.2 Å². The van der Waals surface area contributed by atoms with Crippen molar-refractivity contribution in [3.63, 3.8) is 0 Å². The second kappa shape index (κ2) is 5.74. The van der Waals surface area contributed by atoms with Crippen molar-refractivity contribution in [1.29, 1.82) is 0 Å². The Balaban J connectivity index is 2.35. The number of hydrogen-bond donors (Lipinski definition) is 1. The van der Waals surface area contributed by atoms with Crippen molar-refractivity contribution in [2.24, 2.45) is 0 Å². The monoisotopic (exact) mass is 364 g/mol. The summed E-state index contributed by atoms with van der Waals surface area (Å²) >= 11 is 2.05. The summed E-state index contributed by atoms with van der Waals surface area (Å²) in [5.41, 5.74) is 1.04. The van der Waals surface area contributed by atoms with E-state index in [9.17, 15) is 9.90 Å². The van der Waals surface area contributed by atoms with Gasteiger partial charge in [0, 0.05) is 21.2 Å². The van der Waals surface area contributed by atoms with Crippen molar-refractivity contribution in [2.75, 3.05) is 6.61 Å². The standard InChI is InChI=1S/C11H9IO4S/c12-17-16-4-3-7-1-2-10-8(5-7)11(14)9(13)6-15-10/h1-2,5-6,13H,3-4H2. The Morgan fingerprint density at radius 3 is 3.06 bits per heavy atom. The van der Waals surface area contributed by atoms with Crippen LogP contribution in [0.25, 0.3) is 11.0 Å². The number of aromatic hydroxyl groups is 1. The van der Waals surface area contributed by atoms with Gasteiger partial charge in [-0.25, -0.2) is 0 Å². The van der Waals surface area contributed by atoms with Crippen LogP contribution >= 0.6 is 30.4 Å². The van der Waals surface area contributed by atoms with Gasteiger partial charge >= 0.3 is 0 Å². The summed E-state index contributed by atoms with van der Waals surface area (Å²) in [6.07, 6.45) is 1.77. The maximum absolute atomic E-state index is 11.7. The molecule has 2 aromatic rings. The molecule has 6 heteroatoms. The molecule has 0 saturated carbocycles. The highest BCUT2D eigenvalue weighted by Crippen LogP contribution is 2.17. The van der Waals surface area contributed by atoms with Crippen LogP contribution in [-0.4, -0.2) is 11.7 Å². The topological polar surface area (TPSA) is 59.7 Å². The fourth-order valence-electron chi connectivity index (χ4n) is 1.51. The lowest BCUT2D eigenvalue weighted by Gasteiger charge is -2.02. The van der Waals surface area contributed by atoms with E-state index in [1.165, 1.54) is 9.21 Å². The van der Waals surface area contributed by atoms with E-state index in [2.05, 4.69) is 21.2 Å². The summed E-state index contributed by atoms with van der Waals surface area (Å²) in [6.45, 7) is 0.573. The van der Waals surface area contributed by atoms with Crippen molar-refractivity contribution in [1.82, 2.24) is 0 Å². The molecule has 1 N–H and O–H groups in total. The second-order valence-corrected chi connectivity index (χ2v) is 4.86. The van der Waals surface area contributed by atoms with Crippen LogP contribution in [0.5, 0.6) is 5.75 Å². The van der Waals surface area contributed by atoms with Crippen molar-refractivity contribution in [2.45, 2.75) is 6.42 Å². The highest BCUT2D eigenvalue weighted by molar-refractivity contribution is 14.2. The summed E-state index contributed by atoms with van der Waals surface area (Å²) in [5, 5.41) is 9.68. The van der Waals surface area contributed by atoms with Gasteiger partial charge < -0.3 is 13.7 Å². The third kappa shape index (κ3) is 2.93. The molecule has 0 aliphatic heterocycles. The van der Waals surface area contributed by atoms with Crippen LogP contribution in [0.15, 0.2) is 33.7 Å². The van der Waals surface area contributed by atoms with Gasteiger partial charge in [-0.2, -0.15) is 0 Å². The molecule has 17 heavy (non-hydrogen) atoms. The van der Waals surface area contributed by atoms with Crippen molar-refractivity contribution < 1.29 is 13.7 Å². The first-order valence-corrected chi connectivity index (χ1v) is 8.14. The van der Waals surface area contributed by atoms with Crippen molar-refractivity contribution >= 4 is 41.4 Å². The van der Waals surface area contributed by atoms with Gasteiger partial charge in [-0.15, -0.1) is 0 Å². The molecular weight excluding hydrogens is 355 g/mol. The van der Waals surface area contributed by atoms with Gasteiger partial charge in [0.2, 0.25) is 5.43 Å². The smallest absolute Gasteiger partial charge is 0.234 e. The molecule has 90 valence electrons. The Kier molecular flexibility index (Phi) is 4.30. The zero-order valence-electron chi connectivity index (χ0n) is 8.68. The van der Waals surface area contributed by atoms with E-state index in [1.807, 2.05) is 6.07 Å². The highest BCUT2D eigenvalue weighted by Gasteiger charge is 2.06. The molecule has 4 nitrogen and oxygen atoms in total. The number of halogens is 1. The van der Waals surface area contributed by atoms with Crippen LogP contribution in [-0.2, 0) is 10.6 Å². The van der Waals surface area contributed by atoms with Crippen LogP contribution in [0.1, 0.15) is 5.56 Å². The minimum Gasteiger partial charge on any atom is -0.502 e. The first kappa shape index (κ1) is 12.7. The molecule has 0 atom stereocenters. The van der Waals surface area contributed by atoms with Gasteiger partial charge in [0.25, 0.3) is 0 Å². The lowest BCUT2D eigenvalue weighted by atomic mass is 10.1. The summed E-state index contributed by atoms with van der Waals surface area (Å²) in [7, 11) is 1.28. The van der Waals surface area contributed by atoms with Gasteiger partial charge in [0.05, 0.1) is 21.2 Å². The maximum Gasteiger partial charge on any atom is 0.234 e.